The first-order valence-electron chi connectivity index (χ1n) is 11.4. The highest BCUT2D eigenvalue weighted by Gasteiger charge is 2.08. The quantitative estimate of drug-likeness (QED) is 0.183. The minimum absolute atomic E-state index is 0.180. The number of rotatable bonds is 20. The van der Waals surface area contributed by atoms with E-state index in [4.69, 9.17) is 5.11 Å². The van der Waals surface area contributed by atoms with E-state index in [9.17, 15) is 4.79 Å². The van der Waals surface area contributed by atoms with Gasteiger partial charge in [0.25, 0.3) is 0 Å². The van der Waals surface area contributed by atoms with Crippen molar-refractivity contribution >= 4 is 5.97 Å². The van der Waals surface area contributed by atoms with Crippen LogP contribution in [0.1, 0.15) is 104 Å². The van der Waals surface area contributed by atoms with Gasteiger partial charge in [-0.25, -0.2) is 0 Å². The van der Waals surface area contributed by atoms with Crippen molar-refractivity contribution in [1.29, 1.82) is 0 Å². The third-order valence-electron chi connectivity index (χ3n) is 4.83. The first-order chi connectivity index (χ1) is 13.2. The van der Waals surface area contributed by atoms with Crippen molar-refractivity contribution in [1.82, 2.24) is 4.90 Å². The predicted molar refractivity (Wildman–Crippen MR) is 118 cm³/mol. The molecule has 3 nitrogen and oxygen atoms in total. The molecule has 0 spiro atoms. The average Bonchev–Trinajstić information content (AvgIpc) is 2.64. The monoisotopic (exact) mass is 379 g/mol. The molecule has 0 aromatic rings. The Hall–Kier alpha value is -1.09. The fraction of sp³-hybridized carbons (Fsp3) is 0.792. The Balaban J connectivity index is 3.74. The molecule has 0 aliphatic rings. The molecule has 0 radical (unpaired) electrons. The molecule has 3 heteroatoms. The van der Waals surface area contributed by atoms with Crippen molar-refractivity contribution in [3.05, 3.63) is 24.3 Å². The molecule has 0 amide bonds. The SMILES string of the molecule is CCCCC/C=C/CCCCN(CCCC/C=C/CCCCC)CC(=O)O. The number of hydrogen-bond donors (Lipinski definition) is 1. The summed E-state index contributed by atoms with van der Waals surface area (Å²) in [5.41, 5.74) is 0. The summed E-state index contributed by atoms with van der Waals surface area (Å²) in [4.78, 5) is 13.2. The first kappa shape index (κ1) is 25.9. The molecule has 0 saturated carbocycles. The van der Waals surface area contributed by atoms with E-state index in [1.165, 1.54) is 51.4 Å². The molecule has 27 heavy (non-hydrogen) atoms. The summed E-state index contributed by atoms with van der Waals surface area (Å²) >= 11 is 0. The smallest absolute Gasteiger partial charge is 0.317 e. The third kappa shape index (κ3) is 21.1. The zero-order chi connectivity index (χ0) is 20.0. The largest absolute Gasteiger partial charge is 0.480 e. The number of carbonyl (C=O) groups is 1. The minimum atomic E-state index is -0.707. The molecule has 0 bridgehead atoms. The number of carboxylic acid groups (broad SMARTS) is 1. The number of allylic oxidation sites excluding steroid dienone is 4. The summed E-state index contributed by atoms with van der Waals surface area (Å²) in [6, 6.07) is 0. The molecule has 0 aromatic heterocycles. The van der Waals surface area contributed by atoms with Crippen LogP contribution < -0.4 is 0 Å². The lowest BCUT2D eigenvalue weighted by Crippen LogP contribution is -2.31. The van der Waals surface area contributed by atoms with Gasteiger partial charge in [0.05, 0.1) is 6.54 Å². The molecule has 0 heterocycles. The molecule has 0 fully saturated rings. The zero-order valence-electron chi connectivity index (χ0n) is 18.1. The lowest BCUT2D eigenvalue weighted by molar-refractivity contribution is -0.138. The summed E-state index contributed by atoms with van der Waals surface area (Å²) in [5.74, 6) is -0.707. The highest BCUT2D eigenvalue weighted by atomic mass is 16.4. The number of unbranched alkanes of at least 4 members (excludes halogenated alkanes) is 10. The van der Waals surface area contributed by atoms with Crippen molar-refractivity contribution in [3.63, 3.8) is 0 Å². The zero-order valence-corrected chi connectivity index (χ0v) is 18.1. The minimum Gasteiger partial charge on any atom is -0.480 e. The lowest BCUT2D eigenvalue weighted by Gasteiger charge is -2.19. The summed E-state index contributed by atoms with van der Waals surface area (Å²) in [6.45, 7) is 6.46. The van der Waals surface area contributed by atoms with Gasteiger partial charge in [0, 0.05) is 0 Å². The Morgan fingerprint density at radius 2 is 1.04 bits per heavy atom. The van der Waals surface area contributed by atoms with Crippen molar-refractivity contribution in [2.24, 2.45) is 0 Å². The van der Waals surface area contributed by atoms with Crippen LogP contribution in [0.4, 0.5) is 0 Å². The normalized spacial score (nSPS) is 12.0. The molecule has 0 aliphatic heterocycles. The van der Waals surface area contributed by atoms with Gasteiger partial charge in [0.15, 0.2) is 0 Å². The summed E-state index contributed by atoms with van der Waals surface area (Å²) in [7, 11) is 0. The Labute approximate surface area is 168 Å². The average molecular weight is 380 g/mol. The Bertz CT molecular complexity index is 349. The molecule has 0 aliphatic carbocycles. The fourth-order valence-corrected chi connectivity index (χ4v) is 3.15. The van der Waals surface area contributed by atoms with Crippen LogP contribution in [0.2, 0.25) is 0 Å². The molecule has 0 aromatic carbocycles. The van der Waals surface area contributed by atoms with Gasteiger partial charge in [0.2, 0.25) is 0 Å². The third-order valence-corrected chi connectivity index (χ3v) is 4.83. The summed E-state index contributed by atoms with van der Waals surface area (Å²) < 4.78 is 0. The highest BCUT2D eigenvalue weighted by Crippen LogP contribution is 2.06. The van der Waals surface area contributed by atoms with E-state index >= 15 is 0 Å². The Kier molecular flexibility index (Phi) is 20.4. The van der Waals surface area contributed by atoms with Crippen LogP contribution in [0.5, 0.6) is 0 Å². The Morgan fingerprint density at radius 3 is 1.37 bits per heavy atom. The van der Waals surface area contributed by atoms with Crippen LogP contribution in [-0.2, 0) is 4.79 Å². The van der Waals surface area contributed by atoms with Crippen molar-refractivity contribution < 1.29 is 9.90 Å². The fourth-order valence-electron chi connectivity index (χ4n) is 3.15. The van der Waals surface area contributed by atoms with E-state index in [0.29, 0.717) is 0 Å². The van der Waals surface area contributed by atoms with Crippen molar-refractivity contribution in [2.75, 3.05) is 19.6 Å². The molecular weight excluding hydrogens is 334 g/mol. The van der Waals surface area contributed by atoms with E-state index in [-0.39, 0.29) is 6.54 Å². The van der Waals surface area contributed by atoms with Gasteiger partial charge in [0.1, 0.15) is 0 Å². The summed E-state index contributed by atoms with van der Waals surface area (Å²) in [5, 5.41) is 9.11. The number of hydrogen-bond acceptors (Lipinski definition) is 2. The molecule has 0 unspecified atom stereocenters. The molecule has 0 atom stereocenters. The van der Waals surface area contributed by atoms with Gasteiger partial charge < -0.3 is 5.11 Å². The van der Waals surface area contributed by atoms with Crippen LogP contribution in [0.15, 0.2) is 24.3 Å². The second-order valence-corrected chi connectivity index (χ2v) is 7.60. The summed E-state index contributed by atoms with van der Waals surface area (Å²) in [6.07, 6.45) is 26.1. The van der Waals surface area contributed by atoms with Gasteiger partial charge in [-0.1, -0.05) is 63.8 Å². The van der Waals surface area contributed by atoms with Gasteiger partial charge in [-0.05, 0) is 77.3 Å². The van der Waals surface area contributed by atoms with Crippen molar-refractivity contribution in [2.45, 2.75) is 104 Å². The van der Waals surface area contributed by atoms with Crippen LogP contribution in [0, 0.1) is 0 Å². The van der Waals surface area contributed by atoms with Crippen LogP contribution in [-0.4, -0.2) is 35.6 Å². The van der Waals surface area contributed by atoms with Crippen LogP contribution in [0.25, 0.3) is 0 Å². The molecular formula is C24H45NO2. The maximum absolute atomic E-state index is 11.1. The second-order valence-electron chi connectivity index (χ2n) is 7.60. The van der Waals surface area contributed by atoms with Crippen LogP contribution in [0.3, 0.4) is 0 Å². The van der Waals surface area contributed by atoms with E-state index in [2.05, 4.69) is 43.1 Å². The van der Waals surface area contributed by atoms with E-state index in [1.54, 1.807) is 0 Å². The van der Waals surface area contributed by atoms with Gasteiger partial charge in [-0.2, -0.15) is 0 Å². The maximum atomic E-state index is 11.1. The lowest BCUT2D eigenvalue weighted by atomic mass is 10.1. The molecule has 1 N–H and O–H groups in total. The maximum Gasteiger partial charge on any atom is 0.317 e. The second kappa shape index (κ2) is 21.2. The molecule has 0 saturated heterocycles. The number of nitrogens with zero attached hydrogens (tertiary/aromatic N) is 1. The van der Waals surface area contributed by atoms with E-state index < -0.39 is 5.97 Å². The molecule has 158 valence electrons. The highest BCUT2D eigenvalue weighted by molar-refractivity contribution is 5.69. The van der Waals surface area contributed by atoms with Gasteiger partial charge >= 0.3 is 5.97 Å². The number of aliphatic carboxylic acids is 1. The van der Waals surface area contributed by atoms with E-state index in [0.717, 1.165) is 51.6 Å². The Morgan fingerprint density at radius 1 is 0.667 bits per heavy atom. The van der Waals surface area contributed by atoms with Gasteiger partial charge in [-0.3, -0.25) is 9.69 Å². The number of carboxylic acids is 1. The first-order valence-corrected chi connectivity index (χ1v) is 11.4. The van der Waals surface area contributed by atoms with Crippen LogP contribution >= 0.6 is 0 Å². The van der Waals surface area contributed by atoms with E-state index in [1.807, 2.05) is 0 Å². The predicted octanol–water partition coefficient (Wildman–Crippen LogP) is 6.99. The van der Waals surface area contributed by atoms with Gasteiger partial charge in [-0.15, -0.1) is 0 Å². The standard InChI is InChI=1S/C24H45NO2/c1-3-5-7-9-11-13-15-17-19-21-25(23-24(26)27)22-20-18-16-14-12-10-8-6-4-2/h11-14H,3-10,15-23H2,1-2H3,(H,26,27)/b13-11+,14-12+. The topological polar surface area (TPSA) is 40.5 Å². The van der Waals surface area contributed by atoms with Crippen molar-refractivity contribution in [3.8, 4) is 0 Å². The molecule has 0 rings (SSSR count).